The van der Waals surface area contributed by atoms with Crippen molar-refractivity contribution in [1.29, 1.82) is 0 Å². The van der Waals surface area contributed by atoms with E-state index in [1.807, 2.05) is 49.4 Å². The van der Waals surface area contributed by atoms with Gasteiger partial charge in [-0.25, -0.2) is 4.98 Å². The zero-order chi connectivity index (χ0) is 27.7. The van der Waals surface area contributed by atoms with Crippen LogP contribution in [0.4, 0.5) is 5.13 Å². The lowest BCUT2D eigenvalue weighted by Crippen LogP contribution is -2.29. The smallest absolute Gasteiger partial charge is 0.301 e. The molecule has 1 atom stereocenters. The van der Waals surface area contributed by atoms with E-state index in [-0.39, 0.29) is 16.7 Å². The standard InChI is InChI=1S/C32H30N2O4S/c1-20-6-5-7-21(18-20)19-38-25-14-10-23(11-15-25)28(35)26-27(22-8-12-24(13-9-22)32(2,3)4)34(30(37)29(26)36)31-33-16-17-39-31/h5-18,27,35H,19H2,1-4H3/t27-/m1/s1. The third kappa shape index (κ3) is 5.36. The summed E-state index contributed by atoms with van der Waals surface area (Å²) < 4.78 is 5.91. The number of ether oxygens (including phenoxy) is 1. The number of ketones is 1. The van der Waals surface area contributed by atoms with Crippen molar-refractivity contribution < 1.29 is 19.4 Å². The number of hydrogen-bond donors (Lipinski definition) is 1. The van der Waals surface area contributed by atoms with Crippen molar-refractivity contribution in [2.24, 2.45) is 0 Å². The second kappa shape index (κ2) is 10.5. The van der Waals surface area contributed by atoms with Crippen molar-refractivity contribution in [2.45, 2.75) is 45.8 Å². The average Bonchev–Trinajstić information content (AvgIpc) is 3.53. The van der Waals surface area contributed by atoms with E-state index < -0.39 is 17.7 Å². The van der Waals surface area contributed by atoms with E-state index in [4.69, 9.17) is 4.74 Å². The van der Waals surface area contributed by atoms with Crippen LogP contribution in [0, 0.1) is 6.92 Å². The van der Waals surface area contributed by atoms with Crippen LogP contribution in [0.25, 0.3) is 5.76 Å². The molecule has 0 saturated carbocycles. The van der Waals surface area contributed by atoms with Gasteiger partial charge in [0.05, 0.1) is 11.6 Å². The summed E-state index contributed by atoms with van der Waals surface area (Å²) in [6.07, 6.45) is 1.59. The van der Waals surface area contributed by atoms with E-state index in [0.717, 1.165) is 22.3 Å². The number of carbonyl (C=O) groups is 2. The topological polar surface area (TPSA) is 79.7 Å². The Labute approximate surface area is 232 Å². The summed E-state index contributed by atoms with van der Waals surface area (Å²) in [7, 11) is 0. The van der Waals surface area contributed by atoms with Gasteiger partial charge in [-0.15, -0.1) is 11.3 Å². The second-order valence-corrected chi connectivity index (χ2v) is 11.5. The Balaban J connectivity index is 1.50. The predicted octanol–water partition coefficient (Wildman–Crippen LogP) is 6.95. The fraction of sp³-hybridized carbons (Fsp3) is 0.219. The highest BCUT2D eigenvalue weighted by molar-refractivity contribution is 7.14. The van der Waals surface area contributed by atoms with Gasteiger partial charge in [-0.3, -0.25) is 14.5 Å². The molecular weight excluding hydrogens is 508 g/mol. The first-order chi connectivity index (χ1) is 18.6. The van der Waals surface area contributed by atoms with Crippen LogP contribution in [0.3, 0.4) is 0 Å². The van der Waals surface area contributed by atoms with Crippen LogP contribution < -0.4 is 9.64 Å². The van der Waals surface area contributed by atoms with E-state index in [0.29, 0.717) is 23.1 Å². The summed E-state index contributed by atoms with van der Waals surface area (Å²) in [4.78, 5) is 32.2. The molecule has 0 bridgehead atoms. The molecule has 1 saturated heterocycles. The van der Waals surface area contributed by atoms with Gasteiger partial charge < -0.3 is 9.84 Å². The Bertz CT molecular complexity index is 1530. The molecule has 39 heavy (non-hydrogen) atoms. The highest BCUT2D eigenvalue weighted by Gasteiger charge is 2.48. The third-order valence-electron chi connectivity index (χ3n) is 6.78. The number of Topliss-reactive ketones (excluding diaryl/α,β-unsaturated/α-hetero) is 1. The summed E-state index contributed by atoms with van der Waals surface area (Å²) in [5.41, 5.74) is 4.46. The molecule has 5 rings (SSSR count). The number of benzene rings is 3. The molecule has 1 aromatic heterocycles. The minimum absolute atomic E-state index is 0.0344. The van der Waals surface area contributed by atoms with E-state index in [9.17, 15) is 14.7 Å². The normalized spacial score (nSPS) is 17.0. The third-order valence-corrected chi connectivity index (χ3v) is 7.55. The average molecular weight is 539 g/mol. The number of anilines is 1. The van der Waals surface area contributed by atoms with Gasteiger partial charge in [0.25, 0.3) is 5.78 Å². The highest BCUT2D eigenvalue weighted by Crippen LogP contribution is 2.43. The molecule has 0 aliphatic carbocycles. The Morgan fingerprint density at radius 1 is 1.03 bits per heavy atom. The Morgan fingerprint density at radius 3 is 2.36 bits per heavy atom. The van der Waals surface area contributed by atoms with Crippen LogP contribution in [0.2, 0.25) is 0 Å². The Hall–Kier alpha value is -4.23. The van der Waals surface area contributed by atoms with Crippen molar-refractivity contribution in [2.75, 3.05) is 4.90 Å². The van der Waals surface area contributed by atoms with Crippen LogP contribution in [0.15, 0.2) is 89.9 Å². The summed E-state index contributed by atoms with van der Waals surface area (Å²) >= 11 is 1.27. The molecule has 3 aromatic carbocycles. The van der Waals surface area contributed by atoms with Crippen molar-refractivity contribution in [1.82, 2.24) is 4.98 Å². The van der Waals surface area contributed by atoms with E-state index in [1.165, 1.54) is 16.2 Å². The number of aryl methyl sites for hydroxylation is 1. The number of aromatic nitrogens is 1. The second-order valence-electron chi connectivity index (χ2n) is 10.7. The molecule has 6 nitrogen and oxygen atoms in total. The SMILES string of the molecule is Cc1cccc(COc2ccc(C(O)=C3C(=O)C(=O)N(c4nccs4)[C@@H]3c3ccc(C(C)(C)C)cc3)cc2)c1. The summed E-state index contributed by atoms with van der Waals surface area (Å²) in [5.74, 6) is -1.06. The molecule has 1 aliphatic heterocycles. The molecule has 0 unspecified atom stereocenters. The largest absolute Gasteiger partial charge is 0.507 e. The molecule has 0 spiro atoms. The highest BCUT2D eigenvalue weighted by atomic mass is 32.1. The number of carbonyl (C=O) groups excluding carboxylic acids is 2. The fourth-order valence-corrected chi connectivity index (χ4v) is 5.35. The molecule has 2 heterocycles. The number of aliphatic hydroxyl groups excluding tert-OH is 1. The van der Waals surface area contributed by atoms with Gasteiger partial charge in [-0.05, 0) is 53.3 Å². The quantitative estimate of drug-likeness (QED) is 0.163. The van der Waals surface area contributed by atoms with Gasteiger partial charge in [0.1, 0.15) is 18.1 Å². The summed E-state index contributed by atoms with van der Waals surface area (Å²) in [6.45, 7) is 8.82. The molecule has 1 fully saturated rings. The van der Waals surface area contributed by atoms with Crippen LogP contribution >= 0.6 is 11.3 Å². The first-order valence-corrected chi connectivity index (χ1v) is 13.6. The maximum atomic E-state index is 13.3. The van der Waals surface area contributed by atoms with Gasteiger partial charge in [0.2, 0.25) is 0 Å². The van der Waals surface area contributed by atoms with Gasteiger partial charge in [0.15, 0.2) is 5.13 Å². The van der Waals surface area contributed by atoms with Crippen LogP contribution in [-0.4, -0.2) is 21.8 Å². The molecular formula is C32H30N2O4S. The van der Waals surface area contributed by atoms with Crippen LogP contribution in [-0.2, 0) is 21.6 Å². The first-order valence-electron chi connectivity index (χ1n) is 12.7. The van der Waals surface area contributed by atoms with Crippen molar-refractivity contribution in [3.63, 3.8) is 0 Å². The Morgan fingerprint density at radius 2 is 1.74 bits per heavy atom. The summed E-state index contributed by atoms with van der Waals surface area (Å²) in [6, 6.07) is 22.0. The van der Waals surface area contributed by atoms with Gasteiger partial charge in [0, 0.05) is 17.1 Å². The van der Waals surface area contributed by atoms with Crippen LogP contribution in [0.5, 0.6) is 5.75 Å². The van der Waals surface area contributed by atoms with Crippen LogP contribution in [0.1, 0.15) is 54.6 Å². The zero-order valence-electron chi connectivity index (χ0n) is 22.3. The predicted molar refractivity (Wildman–Crippen MR) is 154 cm³/mol. The number of thiazole rings is 1. The van der Waals surface area contributed by atoms with E-state index in [2.05, 4.69) is 31.8 Å². The number of nitrogens with zero attached hydrogens (tertiary/aromatic N) is 2. The molecule has 198 valence electrons. The fourth-order valence-electron chi connectivity index (χ4n) is 4.68. The molecule has 1 N–H and O–H groups in total. The first kappa shape index (κ1) is 26.4. The van der Waals surface area contributed by atoms with Gasteiger partial charge in [-0.2, -0.15) is 0 Å². The number of rotatable bonds is 6. The van der Waals surface area contributed by atoms with E-state index in [1.54, 1.807) is 35.8 Å². The maximum absolute atomic E-state index is 13.3. The Kier molecular flexibility index (Phi) is 7.10. The van der Waals surface area contributed by atoms with Crippen molar-refractivity contribution in [3.8, 4) is 5.75 Å². The lowest BCUT2D eigenvalue weighted by Gasteiger charge is -2.24. The van der Waals surface area contributed by atoms with Gasteiger partial charge in [-0.1, -0.05) is 74.9 Å². The lowest BCUT2D eigenvalue weighted by atomic mass is 9.85. The number of amides is 1. The van der Waals surface area contributed by atoms with E-state index >= 15 is 0 Å². The minimum atomic E-state index is -0.803. The maximum Gasteiger partial charge on any atom is 0.301 e. The van der Waals surface area contributed by atoms with Crippen molar-refractivity contribution in [3.05, 3.63) is 118 Å². The zero-order valence-corrected chi connectivity index (χ0v) is 23.2. The number of hydrogen-bond acceptors (Lipinski definition) is 6. The number of aliphatic hydroxyl groups is 1. The molecule has 7 heteroatoms. The monoisotopic (exact) mass is 538 g/mol. The molecule has 4 aromatic rings. The van der Waals surface area contributed by atoms with Gasteiger partial charge >= 0.3 is 5.91 Å². The summed E-state index contributed by atoms with van der Waals surface area (Å²) in [5, 5.41) is 13.5. The molecule has 1 aliphatic rings. The minimum Gasteiger partial charge on any atom is -0.507 e. The lowest BCUT2D eigenvalue weighted by molar-refractivity contribution is -0.132. The molecule has 0 radical (unpaired) electrons. The molecule has 1 amide bonds. The van der Waals surface area contributed by atoms with Crippen molar-refractivity contribution >= 4 is 33.9 Å².